The van der Waals surface area contributed by atoms with Crippen LogP contribution in [0, 0.1) is 0 Å². The Balaban J connectivity index is 1.55. The number of anilines is 1. The third-order valence-corrected chi connectivity index (χ3v) is 6.64. The number of fused-ring (bicyclic) bond motifs is 1. The highest BCUT2D eigenvalue weighted by Gasteiger charge is 2.14. The number of nitrogens with zero attached hydrogens (tertiary/aromatic N) is 2. The van der Waals surface area contributed by atoms with Crippen LogP contribution in [0.2, 0.25) is 5.02 Å². The van der Waals surface area contributed by atoms with Crippen LogP contribution in [0.3, 0.4) is 0 Å². The van der Waals surface area contributed by atoms with Gasteiger partial charge in [0.1, 0.15) is 4.70 Å². The molecule has 146 valence electrons. The van der Waals surface area contributed by atoms with Crippen molar-refractivity contribution < 1.29 is 4.79 Å². The molecule has 0 saturated heterocycles. The molecule has 0 aliphatic rings. The summed E-state index contributed by atoms with van der Waals surface area (Å²) in [6, 6.07) is 18.8. The predicted octanol–water partition coefficient (Wildman–Crippen LogP) is 5.05. The smallest absolute Gasteiger partial charge is 0.271 e. The summed E-state index contributed by atoms with van der Waals surface area (Å²) in [6.07, 6.45) is 0. The van der Waals surface area contributed by atoms with E-state index in [1.165, 1.54) is 27.7 Å². The van der Waals surface area contributed by atoms with E-state index in [-0.39, 0.29) is 17.2 Å². The zero-order valence-corrected chi connectivity index (χ0v) is 17.8. The van der Waals surface area contributed by atoms with Crippen molar-refractivity contribution in [3.8, 4) is 10.4 Å². The molecule has 0 radical (unpaired) electrons. The highest BCUT2D eigenvalue weighted by Crippen LogP contribution is 2.31. The van der Waals surface area contributed by atoms with E-state index in [0.717, 1.165) is 10.4 Å². The van der Waals surface area contributed by atoms with Crippen LogP contribution in [-0.4, -0.2) is 21.2 Å². The second kappa shape index (κ2) is 8.41. The first-order valence-electron chi connectivity index (χ1n) is 8.75. The minimum atomic E-state index is -0.193. The highest BCUT2D eigenvalue weighted by molar-refractivity contribution is 7.99. The van der Waals surface area contributed by atoms with Gasteiger partial charge >= 0.3 is 0 Å². The number of hydrogen-bond donors (Lipinski definition) is 1. The van der Waals surface area contributed by atoms with Crippen molar-refractivity contribution in [1.82, 2.24) is 9.55 Å². The second-order valence-corrected chi connectivity index (χ2v) is 8.73. The van der Waals surface area contributed by atoms with Crippen molar-refractivity contribution in [2.75, 3.05) is 11.1 Å². The van der Waals surface area contributed by atoms with E-state index >= 15 is 0 Å². The van der Waals surface area contributed by atoms with Crippen LogP contribution in [0.25, 0.3) is 20.7 Å². The number of aromatic nitrogens is 2. The molecule has 0 saturated carbocycles. The van der Waals surface area contributed by atoms with Crippen molar-refractivity contribution in [3.05, 3.63) is 76.0 Å². The van der Waals surface area contributed by atoms with Crippen LogP contribution in [0.1, 0.15) is 0 Å². The van der Waals surface area contributed by atoms with Gasteiger partial charge in [0.25, 0.3) is 5.56 Å². The first kappa shape index (κ1) is 19.7. The molecule has 29 heavy (non-hydrogen) atoms. The Morgan fingerprint density at radius 1 is 1.17 bits per heavy atom. The van der Waals surface area contributed by atoms with Gasteiger partial charge in [0.15, 0.2) is 5.16 Å². The van der Waals surface area contributed by atoms with Crippen molar-refractivity contribution in [2.45, 2.75) is 5.16 Å². The van der Waals surface area contributed by atoms with Crippen molar-refractivity contribution in [2.24, 2.45) is 7.05 Å². The van der Waals surface area contributed by atoms with Crippen LogP contribution < -0.4 is 10.9 Å². The molecule has 8 heteroatoms. The molecule has 0 atom stereocenters. The maximum Gasteiger partial charge on any atom is 0.271 e. The lowest BCUT2D eigenvalue weighted by Crippen LogP contribution is -2.20. The van der Waals surface area contributed by atoms with Crippen molar-refractivity contribution in [3.63, 3.8) is 0 Å². The van der Waals surface area contributed by atoms with Gasteiger partial charge in [-0.3, -0.25) is 14.2 Å². The summed E-state index contributed by atoms with van der Waals surface area (Å²) >= 11 is 8.59. The van der Waals surface area contributed by atoms with Crippen molar-refractivity contribution in [1.29, 1.82) is 0 Å². The Morgan fingerprint density at radius 3 is 2.72 bits per heavy atom. The number of thioether (sulfide) groups is 1. The van der Waals surface area contributed by atoms with E-state index in [1.54, 1.807) is 31.3 Å². The molecule has 2 aromatic carbocycles. The molecule has 1 N–H and O–H groups in total. The lowest BCUT2D eigenvalue weighted by Gasteiger charge is -2.08. The van der Waals surface area contributed by atoms with Crippen molar-refractivity contribution >= 4 is 56.5 Å². The normalized spacial score (nSPS) is 11.0. The molecular weight excluding hydrogens is 426 g/mol. The first-order chi connectivity index (χ1) is 14.0. The zero-order chi connectivity index (χ0) is 20.4. The number of amides is 1. The summed E-state index contributed by atoms with van der Waals surface area (Å²) in [5.41, 5.74) is 2.22. The maximum absolute atomic E-state index is 12.8. The molecular formula is C21H16ClN3O2S2. The minimum absolute atomic E-state index is 0.111. The standard InChI is InChI=1S/C21H16ClN3O2S2/c1-25-20(27)19-16(11-17(29-19)13-6-3-2-4-7-13)24-21(25)28-12-18(26)23-15-9-5-8-14(22)10-15/h2-11H,12H2,1H3,(H,23,26). The molecule has 2 heterocycles. The highest BCUT2D eigenvalue weighted by atomic mass is 35.5. The van der Waals surface area contributed by atoms with Crippen LogP contribution in [-0.2, 0) is 11.8 Å². The summed E-state index contributed by atoms with van der Waals surface area (Å²) in [6.45, 7) is 0. The van der Waals surface area contributed by atoms with Gasteiger partial charge in [-0.05, 0) is 29.8 Å². The molecule has 4 aromatic rings. The molecule has 0 unspecified atom stereocenters. The molecule has 0 bridgehead atoms. The molecule has 2 aromatic heterocycles. The van der Waals surface area contributed by atoms with Crippen LogP contribution >= 0.6 is 34.7 Å². The van der Waals surface area contributed by atoms with Gasteiger partial charge in [0.2, 0.25) is 5.91 Å². The number of benzene rings is 2. The van der Waals surface area contributed by atoms with E-state index in [2.05, 4.69) is 10.3 Å². The van der Waals surface area contributed by atoms with E-state index in [1.807, 2.05) is 36.4 Å². The fraction of sp³-hybridized carbons (Fsp3) is 0.0952. The number of halogens is 1. The number of hydrogen-bond acceptors (Lipinski definition) is 5. The summed E-state index contributed by atoms with van der Waals surface area (Å²) < 4.78 is 2.10. The van der Waals surface area contributed by atoms with Crippen LogP contribution in [0.4, 0.5) is 5.69 Å². The Labute approximate surface area is 180 Å². The minimum Gasteiger partial charge on any atom is -0.325 e. The molecule has 1 amide bonds. The Bertz CT molecular complexity index is 1250. The Kier molecular flexibility index (Phi) is 5.71. The number of rotatable bonds is 5. The molecule has 0 fully saturated rings. The zero-order valence-electron chi connectivity index (χ0n) is 15.4. The average Bonchev–Trinajstić information content (AvgIpc) is 3.15. The van der Waals surface area contributed by atoms with Gasteiger partial charge in [0, 0.05) is 22.6 Å². The van der Waals surface area contributed by atoms with Gasteiger partial charge in [0.05, 0.1) is 11.3 Å². The monoisotopic (exact) mass is 441 g/mol. The summed E-state index contributed by atoms with van der Waals surface area (Å²) in [7, 11) is 1.67. The molecule has 0 aliphatic heterocycles. The number of nitrogens with one attached hydrogen (secondary N) is 1. The SMILES string of the molecule is Cn1c(SCC(=O)Nc2cccc(Cl)c2)nc2cc(-c3ccccc3)sc2c1=O. The lowest BCUT2D eigenvalue weighted by atomic mass is 10.2. The third-order valence-electron chi connectivity index (χ3n) is 4.21. The van der Waals surface area contributed by atoms with E-state index < -0.39 is 0 Å². The number of carbonyl (C=O) groups is 1. The van der Waals surface area contributed by atoms with E-state index in [4.69, 9.17) is 11.6 Å². The maximum atomic E-state index is 12.8. The van der Waals surface area contributed by atoms with Gasteiger partial charge in [-0.15, -0.1) is 11.3 Å². The van der Waals surface area contributed by atoms with E-state index in [9.17, 15) is 9.59 Å². The summed E-state index contributed by atoms with van der Waals surface area (Å²) in [4.78, 5) is 30.6. The largest absolute Gasteiger partial charge is 0.325 e. The van der Waals surface area contributed by atoms with Crippen LogP contribution in [0.15, 0.2) is 70.6 Å². The van der Waals surface area contributed by atoms with E-state index in [0.29, 0.717) is 26.1 Å². The van der Waals surface area contributed by atoms with Crippen LogP contribution in [0.5, 0.6) is 0 Å². The number of thiophene rings is 1. The van der Waals surface area contributed by atoms with Gasteiger partial charge < -0.3 is 5.32 Å². The lowest BCUT2D eigenvalue weighted by molar-refractivity contribution is -0.113. The molecule has 0 aliphatic carbocycles. The first-order valence-corrected chi connectivity index (χ1v) is 10.9. The summed E-state index contributed by atoms with van der Waals surface area (Å²) in [5, 5.41) is 3.85. The fourth-order valence-electron chi connectivity index (χ4n) is 2.80. The average molecular weight is 442 g/mol. The predicted molar refractivity (Wildman–Crippen MR) is 121 cm³/mol. The number of carbonyl (C=O) groups excluding carboxylic acids is 1. The molecule has 0 spiro atoms. The molecule has 5 nitrogen and oxygen atoms in total. The molecule has 4 rings (SSSR count). The fourth-order valence-corrected chi connectivity index (χ4v) is 4.84. The van der Waals surface area contributed by atoms with Gasteiger partial charge in [-0.1, -0.05) is 59.8 Å². The Hall–Kier alpha value is -2.61. The van der Waals surface area contributed by atoms with Gasteiger partial charge in [-0.25, -0.2) is 4.98 Å². The quantitative estimate of drug-likeness (QED) is 0.348. The Morgan fingerprint density at radius 2 is 1.97 bits per heavy atom. The summed E-state index contributed by atoms with van der Waals surface area (Å²) in [5.74, 6) is -0.0598. The third kappa shape index (κ3) is 4.37. The second-order valence-electron chi connectivity index (χ2n) is 6.30. The van der Waals surface area contributed by atoms with Gasteiger partial charge in [-0.2, -0.15) is 0 Å². The topological polar surface area (TPSA) is 64.0 Å².